The molecular weight excluding hydrogens is 564 g/mol. The SMILES string of the molecule is O=C(Nc1ccccc1-c1ccccc1)OC1CCN(CCNCC(=O)c2ccc(CNCCc3ccc(O)cc3)cc2)CC1. The Bertz CT molecular complexity index is 1500. The lowest BCUT2D eigenvalue weighted by Gasteiger charge is -2.31. The van der Waals surface area contributed by atoms with Gasteiger partial charge in [0.1, 0.15) is 11.9 Å². The fourth-order valence-corrected chi connectivity index (χ4v) is 5.48. The third kappa shape index (κ3) is 10.0. The van der Waals surface area contributed by atoms with E-state index < -0.39 is 6.09 Å². The van der Waals surface area contributed by atoms with Gasteiger partial charge in [0, 0.05) is 43.9 Å². The van der Waals surface area contributed by atoms with Crippen LogP contribution in [0, 0.1) is 0 Å². The zero-order valence-electron chi connectivity index (χ0n) is 25.6. The van der Waals surface area contributed by atoms with Crippen LogP contribution >= 0.6 is 0 Å². The number of phenols is 1. The van der Waals surface area contributed by atoms with Crippen molar-refractivity contribution in [1.82, 2.24) is 15.5 Å². The summed E-state index contributed by atoms with van der Waals surface area (Å²) in [6, 6.07) is 32.8. The second kappa shape index (κ2) is 16.5. The summed E-state index contributed by atoms with van der Waals surface area (Å²) < 4.78 is 5.75. The van der Waals surface area contributed by atoms with Gasteiger partial charge in [0.15, 0.2) is 5.78 Å². The van der Waals surface area contributed by atoms with Gasteiger partial charge in [-0.15, -0.1) is 0 Å². The van der Waals surface area contributed by atoms with Crippen LogP contribution in [-0.4, -0.2) is 67.3 Å². The van der Waals surface area contributed by atoms with Crippen molar-refractivity contribution in [2.45, 2.75) is 31.9 Å². The number of carbonyl (C=O) groups excluding carboxylic acids is 2. The van der Waals surface area contributed by atoms with E-state index in [0.717, 1.165) is 80.9 Å². The number of hydrogen-bond donors (Lipinski definition) is 4. The number of nitrogens with zero attached hydrogens (tertiary/aromatic N) is 1. The minimum atomic E-state index is -0.424. The van der Waals surface area contributed by atoms with Gasteiger partial charge in [-0.25, -0.2) is 4.79 Å². The number of piperidine rings is 1. The number of rotatable bonds is 14. The van der Waals surface area contributed by atoms with E-state index in [0.29, 0.717) is 12.1 Å². The summed E-state index contributed by atoms with van der Waals surface area (Å²) in [6.45, 7) is 5.12. The summed E-state index contributed by atoms with van der Waals surface area (Å²) in [6.07, 6.45) is 1.91. The lowest BCUT2D eigenvalue weighted by atomic mass is 10.0. The largest absolute Gasteiger partial charge is 0.508 e. The number of likely N-dealkylation sites (tertiary alicyclic amines) is 1. The molecule has 0 aliphatic carbocycles. The monoisotopic (exact) mass is 606 g/mol. The Kier molecular flexibility index (Phi) is 11.7. The molecule has 1 amide bonds. The zero-order chi connectivity index (χ0) is 31.3. The number of phenolic OH excluding ortho intramolecular Hbond substituents is 1. The Morgan fingerprint density at radius 3 is 2.22 bits per heavy atom. The molecule has 1 fully saturated rings. The van der Waals surface area contributed by atoms with Crippen molar-refractivity contribution in [1.29, 1.82) is 0 Å². The lowest BCUT2D eigenvalue weighted by molar-refractivity contribution is 0.0593. The molecule has 0 radical (unpaired) electrons. The molecule has 5 rings (SSSR count). The summed E-state index contributed by atoms with van der Waals surface area (Å²) in [7, 11) is 0. The summed E-state index contributed by atoms with van der Waals surface area (Å²) in [5.74, 6) is 0.359. The van der Waals surface area contributed by atoms with E-state index in [1.54, 1.807) is 12.1 Å². The quantitative estimate of drug-likeness (QED) is 0.105. The number of Topliss-reactive ketones (excluding diaryl/α,β-unsaturated/α-hetero) is 1. The minimum absolute atomic E-state index is 0.0776. The topological polar surface area (TPSA) is 103 Å². The number of anilines is 1. The molecule has 4 aromatic carbocycles. The summed E-state index contributed by atoms with van der Waals surface area (Å²) in [4.78, 5) is 27.7. The van der Waals surface area contributed by atoms with Gasteiger partial charge in [-0.1, -0.05) is 84.9 Å². The Labute approximate surface area is 265 Å². The van der Waals surface area contributed by atoms with Gasteiger partial charge in [-0.3, -0.25) is 10.1 Å². The van der Waals surface area contributed by atoms with E-state index in [-0.39, 0.29) is 17.6 Å². The van der Waals surface area contributed by atoms with E-state index >= 15 is 0 Å². The van der Waals surface area contributed by atoms with Crippen LogP contribution in [0.3, 0.4) is 0 Å². The third-order valence-corrected chi connectivity index (χ3v) is 8.08. The number of amides is 1. The smallest absolute Gasteiger partial charge is 0.411 e. The number of ether oxygens (including phenoxy) is 1. The first-order chi connectivity index (χ1) is 22.0. The lowest BCUT2D eigenvalue weighted by Crippen LogP contribution is -2.42. The molecule has 8 heteroatoms. The van der Waals surface area contributed by atoms with Crippen LogP contribution in [0.25, 0.3) is 11.1 Å². The average molecular weight is 607 g/mol. The van der Waals surface area contributed by atoms with Crippen molar-refractivity contribution in [2.75, 3.05) is 44.6 Å². The van der Waals surface area contributed by atoms with Gasteiger partial charge < -0.3 is 25.4 Å². The van der Waals surface area contributed by atoms with Crippen LogP contribution < -0.4 is 16.0 Å². The highest BCUT2D eigenvalue weighted by molar-refractivity contribution is 5.97. The van der Waals surface area contributed by atoms with Crippen LogP contribution in [0.2, 0.25) is 0 Å². The first kappa shape index (κ1) is 31.9. The second-order valence-corrected chi connectivity index (χ2v) is 11.4. The molecule has 45 heavy (non-hydrogen) atoms. The number of nitrogens with one attached hydrogen (secondary N) is 3. The van der Waals surface area contributed by atoms with E-state index in [4.69, 9.17) is 4.74 Å². The molecule has 234 valence electrons. The third-order valence-electron chi connectivity index (χ3n) is 8.08. The highest BCUT2D eigenvalue weighted by atomic mass is 16.6. The van der Waals surface area contributed by atoms with Gasteiger partial charge in [0.2, 0.25) is 0 Å². The maximum atomic E-state index is 12.7. The van der Waals surface area contributed by atoms with Crippen molar-refractivity contribution in [3.05, 3.63) is 120 Å². The minimum Gasteiger partial charge on any atom is -0.508 e. The summed E-state index contributed by atoms with van der Waals surface area (Å²) in [5, 5.41) is 19.0. The normalized spacial score (nSPS) is 13.8. The molecule has 4 N–H and O–H groups in total. The number of carbonyl (C=O) groups is 2. The predicted molar refractivity (Wildman–Crippen MR) is 179 cm³/mol. The van der Waals surface area contributed by atoms with Crippen LogP contribution in [0.5, 0.6) is 5.75 Å². The number of para-hydroxylation sites is 1. The van der Waals surface area contributed by atoms with Crippen LogP contribution in [0.15, 0.2) is 103 Å². The van der Waals surface area contributed by atoms with Crippen molar-refractivity contribution in [3.8, 4) is 16.9 Å². The van der Waals surface area contributed by atoms with Gasteiger partial charge in [0.05, 0.1) is 12.2 Å². The summed E-state index contributed by atoms with van der Waals surface area (Å²) >= 11 is 0. The van der Waals surface area contributed by atoms with Gasteiger partial charge in [0.25, 0.3) is 0 Å². The van der Waals surface area contributed by atoms with Crippen molar-refractivity contribution in [2.24, 2.45) is 0 Å². The van der Waals surface area contributed by atoms with Crippen molar-refractivity contribution >= 4 is 17.6 Å². The van der Waals surface area contributed by atoms with E-state index in [9.17, 15) is 14.7 Å². The highest BCUT2D eigenvalue weighted by Crippen LogP contribution is 2.28. The molecule has 1 saturated heterocycles. The first-order valence-electron chi connectivity index (χ1n) is 15.7. The van der Waals surface area contributed by atoms with Crippen molar-refractivity contribution < 1.29 is 19.4 Å². The Hall–Kier alpha value is -4.50. The van der Waals surface area contributed by atoms with Crippen molar-refractivity contribution in [3.63, 3.8) is 0 Å². The van der Waals surface area contributed by atoms with Crippen LogP contribution in [0.4, 0.5) is 10.5 Å². The van der Waals surface area contributed by atoms with Gasteiger partial charge in [-0.2, -0.15) is 0 Å². The average Bonchev–Trinajstić information content (AvgIpc) is 3.07. The highest BCUT2D eigenvalue weighted by Gasteiger charge is 2.22. The fourth-order valence-electron chi connectivity index (χ4n) is 5.48. The molecule has 0 atom stereocenters. The Morgan fingerprint density at radius 2 is 1.47 bits per heavy atom. The molecule has 1 aliphatic rings. The standard InChI is InChI=1S/C37H42N4O4/c42-32-16-12-28(13-17-32)18-21-38-26-29-10-14-31(15-11-29)36(43)27-39-22-25-41-23-19-33(20-24-41)45-37(44)40-35-9-5-4-8-34(35)30-6-2-1-3-7-30/h1-17,33,38-39,42H,18-27H2,(H,40,44). The van der Waals surface area contributed by atoms with Crippen LogP contribution in [0.1, 0.15) is 34.3 Å². The van der Waals surface area contributed by atoms with E-state index in [1.165, 1.54) is 5.56 Å². The van der Waals surface area contributed by atoms with Gasteiger partial charge >= 0.3 is 6.09 Å². The fraction of sp³-hybridized carbons (Fsp3) is 0.297. The Balaban J connectivity index is 0.941. The van der Waals surface area contributed by atoms with E-state index in [1.807, 2.05) is 91.0 Å². The number of hydrogen-bond acceptors (Lipinski definition) is 7. The molecule has 0 saturated carbocycles. The number of aromatic hydroxyl groups is 1. The molecule has 8 nitrogen and oxygen atoms in total. The van der Waals surface area contributed by atoms with Crippen LogP contribution in [-0.2, 0) is 17.7 Å². The molecule has 1 heterocycles. The molecule has 0 unspecified atom stereocenters. The number of benzene rings is 4. The zero-order valence-corrected chi connectivity index (χ0v) is 25.6. The van der Waals surface area contributed by atoms with E-state index in [2.05, 4.69) is 20.9 Å². The molecule has 4 aromatic rings. The Morgan fingerprint density at radius 1 is 0.778 bits per heavy atom. The summed E-state index contributed by atoms with van der Waals surface area (Å²) in [5.41, 5.74) is 5.74. The molecular formula is C37H42N4O4. The second-order valence-electron chi connectivity index (χ2n) is 11.4. The molecule has 0 spiro atoms. The first-order valence-corrected chi connectivity index (χ1v) is 15.7. The maximum absolute atomic E-state index is 12.7. The maximum Gasteiger partial charge on any atom is 0.411 e. The molecule has 1 aliphatic heterocycles. The molecule has 0 aromatic heterocycles. The molecule has 0 bridgehead atoms. The predicted octanol–water partition coefficient (Wildman–Crippen LogP) is 5.88. The number of ketones is 1. The van der Waals surface area contributed by atoms with Gasteiger partial charge in [-0.05, 0) is 60.7 Å².